The Hall–Kier alpha value is -4.39. The maximum absolute atomic E-state index is 13.8. The van der Waals surface area contributed by atoms with Gasteiger partial charge in [-0.1, -0.05) is 32.9 Å². The van der Waals surface area contributed by atoms with Crippen LogP contribution >= 0.6 is 0 Å². The highest BCUT2D eigenvalue weighted by Gasteiger charge is 2.28. The molecule has 1 unspecified atom stereocenters. The molecule has 7 heteroatoms. The van der Waals surface area contributed by atoms with Gasteiger partial charge >= 0.3 is 5.97 Å². The normalized spacial score (nSPS) is 12.1. The first-order chi connectivity index (χ1) is 19.0. The number of Topliss-reactive ketones (excluding diaryl/α,β-unsaturated/α-hetero) is 1. The minimum absolute atomic E-state index is 0.00204. The molecule has 4 aromatic rings. The number of nitrogens with zero attached hydrogens (tertiary/aromatic N) is 1. The fourth-order valence-electron chi connectivity index (χ4n) is 4.84. The van der Waals surface area contributed by atoms with Crippen molar-refractivity contribution in [2.75, 3.05) is 26.6 Å². The molecule has 0 saturated heterocycles. The van der Waals surface area contributed by atoms with Crippen molar-refractivity contribution in [1.82, 2.24) is 4.98 Å². The Morgan fingerprint density at radius 1 is 0.925 bits per heavy atom. The van der Waals surface area contributed by atoms with E-state index in [-0.39, 0.29) is 11.2 Å². The number of nitrogens with one attached hydrogen (secondary N) is 1. The first-order valence-electron chi connectivity index (χ1n) is 13.1. The molecule has 4 rings (SSSR count). The van der Waals surface area contributed by atoms with Crippen LogP contribution in [0.1, 0.15) is 54.8 Å². The van der Waals surface area contributed by atoms with E-state index in [1.54, 1.807) is 26.5 Å². The number of fused-ring (bicyclic) bond motifs is 1. The van der Waals surface area contributed by atoms with Crippen LogP contribution in [0.2, 0.25) is 0 Å². The summed E-state index contributed by atoms with van der Waals surface area (Å²) in [6, 6.07) is 18.1. The van der Waals surface area contributed by atoms with Gasteiger partial charge in [0, 0.05) is 23.7 Å². The van der Waals surface area contributed by atoms with Gasteiger partial charge in [-0.05, 0) is 82.9 Å². The number of methoxy groups -OCH3 is 3. The van der Waals surface area contributed by atoms with Gasteiger partial charge in [0.25, 0.3) is 0 Å². The number of esters is 1. The van der Waals surface area contributed by atoms with Crippen molar-refractivity contribution in [2.24, 2.45) is 5.41 Å². The van der Waals surface area contributed by atoms with Gasteiger partial charge in [0.1, 0.15) is 17.5 Å². The maximum Gasteiger partial charge on any atom is 0.338 e. The summed E-state index contributed by atoms with van der Waals surface area (Å²) < 4.78 is 15.9. The van der Waals surface area contributed by atoms with Crippen LogP contribution in [0.25, 0.3) is 21.9 Å². The lowest BCUT2D eigenvalue weighted by atomic mass is 9.86. The highest BCUT2D eigenvalue weighted by molar-refractivity contribution is 5.99. The van der Waals surface area contributed by atoms with Crippen molar-refractivity contribution >= 4 is 28.2 Å². The number of hydrogen-bond donors (Lipinski definition) is 1. The zero-order valence-corrected chi connectivity index (χ0v) is 24.1. The van der Waals surface area contributed by atoms with Crippen molar-refractivity contribution in [3.63, 3.8) is 0 Å². The molecule has 0 fully saturated rings. The van der Waals surface area contributed by atoms with Crippen molar-refractivity contribution in [2.45, 2.75) is 40.2 Å². The molecule has 0 aliphatic rings. The molecule has 0 bridgehead atoms. The molecular formula is C33H36N2O5. The second kappa shape index (κ2) is 11.8. The average Bonchev–Trinajstić information content (AvgIpc) is 2.93. The molecule has 1 heterocycles. The van der Waals surface area contributed by atoms with Gasteiger partial charge in [0.2, 0.25) is 0 Å². The number of carbonyl (C=O) groups excluding carboxylic acids is 2. The Morgan fingerprint density at radius 2 is 1.70 bits per heavy atom. The number of aryl methyl sites for hydroxylation is 1. The molecule has 0 radical (unpaired) electrons. The van der Waals surface area contributed by atoms with Crippen molar-refractivity contribution in [3.05, 3.63) is 83.7 Å². The van der Waals surface area contributed by atoms with Crippen molar-refractivity contribution in [3.8, 4) is 22.6 Å². The number of rotatable bonds is 9. The highest BCUT2D eigenvalue weighted by atomic mass is 16.5. The smallest absolute Gasteiger partial charge is 0.338 e. The minimum Gasteiger partial charge on any atom is -0.497 e. The first kappa shape index (κ1) is 28.6. The van der Waals surface area contributed by atoms with Crippen LogP contribution in [-0.4, -0.2) is 38.1 Å². The van der Waals surface area contributed by atoms with Gasteiger partial charge in [-0.3, -0.25) is 9.78 Å². The van der Waals surface area contributed by atoms with E-state index >= 15 is 0 Å². The van der Waals surface area contributed by atoms with Crippen LogP contribution < -0.4 is 14.8 Å². The average molecular weight is 541 g/mol. The lowest BCUT2D eigenvalue weighted by Crippen LogP contribution is -2.26. The van der Waals surface area contributed by atoms with Crippen LogP contribution in [0, 0.1) is 12.3 Å². The SMILES string of the molecule is COC(=O)c1cc(NC(C(=O)CC(C)(C)C)c2nccc3cc(OC)ccc23)ccc1-c1ccc(OC)c(C)c1. The summed E-state index contributed by atoms with van der Waals surface area (Å²) in [5.74, 6) is 1.02. The number of benzene rings is 3. The Morgan fingerprint density at radius 3 is 2.35 bits per heavy atom. The maximum atomic E-state index is 13.8. The molecule has 40 heavy (non-hydrogen) atoms. The number of hydrogen-bond acceptors (Lipinski definition) is 7. The monoisotopic (exact) mass is 540 g/mol. The standard InChI is InChI=1S/C33H36N2O5/c1-20-16-21(8-13-29(20)39-6)25-11-9-23(18-27(25)32(37)40-7)35-31(28(36)19-33(2,3)4)30-26-12-10-24(38-5)17-22(26)14-15-34-30/h8-18,31,35H,19H2,1-7H3. The Labute approximate surface area is 235 Å². The van der Waals surface area contributed by atoms with E-state index in [1.807, 2.05) is 82.3 Å². The van der Waals surface area contributed by atoms with E-state index in [2.05, 4.69) is 10.3 Å². The molecule has 0 amide bonds. The lowest BCUT2D eigenvalue weighted by molar-refractivity contribution is -0.121. The van der Waals surface area contributed by atoms with Crippen LogP contribution in [0.15, 0.2) is 66.9 Å². The summed E-state index contributed by atoms with van der Waals surface area (Å²) in [5, 5.41) is 5.16. The summed E-state index contributed by atoms with van der Waals surface area (Å²) in [6.45, 7) is 8.05. The molecule has 1 atom stereocenters. The van der Waals surface area contributed by atoms with Gasteiger partial charge in [-0.25, -0.2) is 4.79 Å². The fourth-order valence-corrected chi connectivity index (χ4v) is 4.84. The topological polar surface area (TPSA) is 86.8 Å². The summed E-state index contributed by atoms with van der Waals surface area (Å²) in [4.78, 5) is 31.3. The predicted octanol–water partition coefficient (Wildman–Crippen LogP) is 7.17. The second-order valence-corrected chi connectivity index (χ2v) is 11.0. The van der Waals surface area contributed by atoms with Gasteiger partial charge in [0.15, 0.2) is 5.78 Å². The van der Waals surface area contributed by atoms with Gasteiger partial charge in [0.05, 0.1) is 32.6 Å². The van der Waals surface area contributed by atoms with E-state index in [4.69, 9.17) is 14.2 Å². The minimum atomic E-state index is -0.740. The van der Waals surface area contributed by atoms with Crippen molar-refractivity contribution in [1.29, 1.82) is 0 Å². The molecule has 7 nitrogen and oxygen atoms in total. The number of pyridine rings is 1. The molecule has 1 aromatic heterocycles. The van der Waals surface area contributed by atoms with Crippen LogP contribution in [-0.2, 0) is 9.53 Å². The Kier molecular flexibility index (Phi) is 8.43. The third kappa shape index (κ3) is 6.25. The zero-order chi connectivity index (χ0) is 29.0. The third-order valence-corrected chi connectivity index (χ3v) is 6.74. The Balaban J connectivity index is 1.81. The van der Waals surface area contributed by atoms with Gasteiger partial charge < -0.3 is 19.5 Å². The highest BCUT2D eigenvalue weighted by Crippen LogP contribution is 2.35. The summed E-state index contributed by atoms with van der Waals surface area (Å²) in [6.07, 6.45) is 2.04. The van der Waals surface area contributed by atoms with E-state index in [9.17, 15) is 9.59 Å². The first-order valence-corrected chi connectivity index (χ1v) is 13.1. The third-order valence-electron chi connectivity index (χ3n) is 6.74. The second-order valence-electron chi connectivity index (χ2n) is 11.0. The van der Waals surface area contributed by atoms with E-state index in [0.29, 0.717) is 23.4 Å². The summed E-state index contributed by atoms with van der Waals surface area (Å²) in [5.41, 5.74) is 3.90. The molecule has 1 N–H and O–H groups in total. The fraction of sp³-hybridized carbons (Fsp3) is 0.303. The van der Waals surface area contributed by atoms with Crippen LogP contribution in [0.3, 0.4) is 0 Å². The largest absolute Gasteiger partial charge is 0.497 e. The quantitative estimate of drug-likeness (QED) is 0.225. The number of ether oxygens (including phenoxy) is 3. The molecule has 0 spiro atoms. The van der Waals surface area contributed by atoms with E-state index in [0.717, 1.165) is 39.0 Å². The Bertz CT molecular complexity index is 1550. The van der Waals surface area contributed by atoms with Crippen molar-refractivity contribution < 1.29 is 23.8 Å². The molecule has 3 aromatic carbocycles. The number of ketones is 1. The molecular weight excluding hydrogens is 504 g/mol. The molecule has 0 aliphatic heterocycles. The van der Waals surface area contributed by atoms with E-state index in [1.165, 1.54) is 7.11 Å². The lowest BCUT2D eigenvalue weighted by Gasteiger charge is -2.25. The number of anilines is 1. The molecule has 208 valence electrons. The molecule has 0 saturated carbocycles. The summed E-state index contributed by atoms with van der Waals surface area (Å²) in [7, 11) is 4.60. The number of aromatic nitrogens is 1. The van der Waals surface area contributed by atoms with Gasteiger partial charge in [-0.2, -0.15) is 0 Å². The zero-order valence-electron chi connectivity index (χ0n) is 24.1. The van der Waals surface area contributed by atoms with Gasteiger partial charge in [-0.15, -0.1) is 0 Å². The number of carbonyl (C=O) groups is 2. The van der Waals surface area contributed by atoms with Crippen LogP contribution in [0.4, 0.5) is 5.69 Å². The van der Waals surface area contributed by atoms with E-state index < -0.39 is 12.0 Å². The predicted molar refractivity (Wildman–Crippen MR) is 158 cm³/mol. The summed E-state index contributed by atoms with van der Waals surface area (Å²) >= 11 is 0. The molecule has 0 aliphatic carbocycles. The van der Waals surface area contributed by atoms with Crippen LogP contribution in [0.5, 0.6) is 11.5 Å².